The van der Waals surface area contributed by atoms with E-state index in [9.17, 15) is 10.0 Å². The van der Waals surface area contributed by atoms with Gasteiger partial charge in [0.2, 0.25) is 0 Å². The fourth-order valence-electron chi connectivity index (χ4n) is 2.81. The molecule has 21 heavy (non-hydrogen) atoms. The number of benzene rings is 1. The molecule has 0 aromatic heterocycles. The highest BCUT2D eigenvalue weighted by Crippen LogP contribution is 2.21. The van der Waals surface area contributed by atoms with E-state index in [1.54, 1.807) is 19.2 Å². The van der Waals surface area contributed by atoms with Crippen LogP contribution < -0.4 is 10.2 Å². The smallest absolute Gasteiger partial charge is 0.488 e. The molecule has 0 bridgehead atoms. The summed E-state index contributed by atoms with van der Waals surface area (Å²) >= 11 is 0. The number of piperazine rings is 1. The predicted octanol–water partition coefficient (Wildman–Crippen LogP) is -0.0990. The first kappa shape index (κ1) is 16.3. The van der Waals surface area contributed by atoms with E-state index < -0.39 is 7.12 Å². The van der Waals surface area contributed by atoms with Gasteiger partial charge in [0, 0.05) is 31.7 Å². The molecule has 0 amide bonds. The molecule has 0 atom stereocenters. The Balaban J connectivity index is 2.18. The molecule has 1 aromatic rings. The predicted molar refractivity (Wildman–Crippen MR) is 84.8 cm³/mol. The molecule has 1 aliphatic heterocycles. The van der Waals surface area contributed by atoms with Gasteiger partial charge in [-0.2, -0.15) is 0 Å². The number of ether oxygens (including phenoxy) is 1. The molecule has 0 unspecified atom stereocenters. The summed E-state index contributed by atoms with van der Waals surface area (Å²) in [6, 6.07) is 5.37. The second-order valence-electron chi connectivity index (χ2n) is 6.38. The summed E-state index contributed by atoms with van der Waals surface area (Å²) in [6.45, 7) is 8.08. The third kappa shape index (κ3) is 3.77. The van der Waals surface area contributed by atoms with Crippen molar-refractivity contribution in [2.75, 3.05) is 33.8 Å². The third-order valence-corrected chi connectivity index (χ3v) is 4.42. The lowest BCUT2D eigenvalue weighted by Gasteiger charge is -2.45. The van der Waals surface area contributed by atoms with E-state index in [4.69, 9.17) is 4.74 Å². The van der Waals surface area contributed by atoms with Crippen molar-refractivity contribution in [3.63, 3.8) is 0 Å². The molecule has 0 saturated carbocycles. The highest BCUT2D eigenvalue weighted by Gasteiger charge is 2.31. The molecular formula is C15H25BN2O3. The highest BCUT2D eigenvalue weighted by atomic mass is 16.5. The summed E-state index contributed by atoms with van der Waals surface area (Å²) in [5.41, 5.74) is 1.58. The van der Waals surface area contributed by atoms with Crippen LogP contribution in [0.25, 0.3) is 0 Å². The summed E-state index contributed by atoms with van der Waals surface area (Å²) in [6.07, 6.45) is 0. The monoisotopic (exact) mass is 292 g/mol. The van der Waals surface area contributed by atoms with Crippen molar-refractivity contribution in [2.24, 2.45) is 0 Å². The number of rotatable bonds is 4. The number of methoxy groups -OCH3 is 1. The SMILES string of the molecule is COc1ccc(B(O)O)c(CN2CCN(C)C(C)(C)C2)c1. The number of nitrogens with zero attached hydrogens (tertiary/aromatic N) is 2. The van der Waals surface area contributed by atoms with Crippen LogP contribution in [0, 0.1) is 0 Å². The van der Waals surface area contributed by atoms with Crippen molar-refractivity contribution in [3.8, 4) is 5.75 Å². The van der Waals surface area contributed by atoms with Crippen molar-refractivity contribution < 1.29 is 14.8 Å². The zero-order valence-corrected chi connectivity index (χ0v) is 13.3. The van der Waals surface area contributed by atoms with Gasteiger partial charge in [0.1, 0.15) is 5.75 Å². The summed E-state index contributed by atoms with van der Waals surface area (Å²) < 4.78 is 5.25. The quantitative estimate of drug-likeness (QED) is 0.759. The Morgan fingerprint density at radius 2 is 2.00 bits per heavy atom. The van der Waals surface area contributed by atoms with Gasteiger partial charge in [-0.1, -0.05) is 6.07 Å². The second-order valence-corrected chi connectivity index (χ2v) is 6.38. The van der Waals surface area contributed by atoms with Crippen molar-refractivity contribution in [1.29, 1.82) is 0 Å². The minimum absolute atomic E-state index is 0.120. The van der Waals surface area contributed by atoms with E-state index >= 15 is 0 Å². The van der Waals surface area contributed by atoms with Crippen LogP contribution in [0.2, 0.25) is 0 Å². The average Bonchev–Trinajstić information content (AvgIpc) is 2.42. The maximum atomic E-state index is 9.53. The maximum absolute atomic E-state index is 9.53. The summed E-state index contributed by atoms with van der Waals surface area (Å²) in [4.78, 5) is 4.71. The number of hydrogen-bond acceptors (Lipinski definition) is 5. The maximum Gasteiger partial charge on any atom is 0.488 e. The van der Waals surface area contributed by atoms with Gasteiger partial charge in [0.05, 0.1) is 7.11 Å². The Bertz CT molecular complexity index is 494. The Morgan fingerprint density at radius 1 is 1.29 bits per heavy atom. The van der Waals surface area contributed by atoms with Crippen LogP contribution in [0.4, 0.5) is 0 Å². The van der Waals surface area contributed by atoms with Crippen molar-refractivity contribution in [3.05, 3.63) is 23.8 Å². The van der Waals surface area contributed by atoms with Gasteiger partial charge in [-0.25, -0.2) is 0 Å². The fourth-order valence-corrected chi connectivity index (χ4v) is 2.81. The van der Waals surface area contributed by atoms with E-state index in [-0.39, 0.29) is 5.54 Å². The molecule has 0 spiro atoms. The van der Waals surface area contributed by atoms with Gasteiger partial charge in [0.25, 0.3) is 0 Å². The fraction of sp³-hybridized carbons (Fsp3) is 0.600. The lowest BCUT2D eigenvalue weighted by atomic mass is 9.76. The van der Waals surface area contributed by atoms with Crippen LogP contribution in [0.3, 0.4) is 0 Å². The van der Waals surface area contributed by atoms with Crippen LogP contribution in [0.15, 0.2) is 18.2 Å². The zero-order valence-electron chi connectivity index (χ0n) is 13.3. The molecule has 0 radical (unpaired) electrons. The van der Waals surface area contributed by atoms with Gasteiger partial charge in [-0.3, -0.25) is 9.80 Å². The lowest BCUT2D eigenvalue weighted by Crippen LogP contribution is -2.57. The molecule has 1 heterocycles. The molecule has 0 aliphatic carbocycles. The van der Waals surface area contributed by atoms with Gasteiger partial charge < -0.3 is 14.8 Å². The van der Waals surface area contributed by atoms with E-state index in [0.717, 1.165) is 30.9 Å². The van der Waals surface area contributed by atoms with Crippen molar-refractivity contribution in [2.45, 2.75) is 25.9 Å². The molecule has 2 N–H and O–H groups in total. The molecular weight excluding hydrogens is 267 g/mol. The van der Waals surface area contributed by atoms with E-state index in [2.05, 4.69) is 30.7 Å². The topological polar surface area (TPSA) is 56.2 Å². The molecule has 1 aromatic carbocycles. The minimum Gasteiger partial charge on any atom is -0.497 e. The van der Waals surface area contributed by atoms with Gasteiger partial charge >= 0.3 is 7.12 Å². The Hall–Kier alpha value is -1.08. The molecule has 5 nitrogen and oxygen atoms in total. The van der Waals surface area contributed by atoms with E-state index in [1.165, 1.54) is 0 Å². The van der Waals surface area contributed by atoms with Gasteiger partial charge in [-0.15, -0.1) is 0 Å². The van der Waals surface area contributed by atoms with Gasteiger partial charge in [0.15, 0.2) is 0 Å². The van der Waals surface area contributed by atoms with Crippen molar-refractivity contribution >= 4 is 12.6 Å². The molecule has 116 valence electrons. The van der Waals surface area contributed by atoms with Crippen LogP contribution in [0.5, 0.6) is 5.75 Å². The molecule has 1 saturated heterocycles. The second kappa shape index (κ2) is 6.36. The number of likely N-dealkylation sites (N-methyl/N-ethyl adjacent to an activating group) is 1. The molecule has 2 rings (SSSR count). The third-order valence-electron chi connectivity index (χ3n) is 4.42. The highest BCUT2D eigenvalue weighted by molar-refractivity contribution is 6.59. The number of hydrogen-bond donors (Lipinski definition) is 2. The zero-order chi connectivity index (χ0) is 15.6. The summed E-state index contributed by atoms with van der Waals surface area (Å²) in [7, 11) is 2.31. The largest absolute Gasteiger partial charge is 0.497 e. The normalized spacial score (nSPS) is 19.5. The Morgan fingerprint density at radius 3 is 2.57 bits per heavy atom. The Labute approximate surface area is 127 Å². The van der Waals surface area contributed by atoms with Crippen molar-refractivity contribution in [1.82, 2.24) is 9.80 Å². The first-order valence-electron chi connectivity index (χ1n) is 7.30. The van der Waals surface area contributed by atoms with Gasteiger partial charge in [-0.05, 0) is 44.1 Å². The average molecular weight is 292 g/mol. The van der Waals surface area contributed by atoms with E-state index in [1.807, 2.05) is 6.07 Å². The first-order chi connectivity index (χ1) is 9.83. The van der Waals surface area contributed by atoms with Crippen LogP contribution >= 0.6 is 0 Å². The molecule has 1 fully saturated rings. The minimum atomic E-state index is -1.45. The van der Waals surface area contributed by atoms with Crippen LogP contribution in [0.1, 0.15) is 19.4 Å². The molecule has 1 aliphatic rings. The summed E-state index contributed by atoms with van der Waals surface area (Å²) in [5.74, 6) is 0.739. The van der Waals surface area contributed by atoms with Crippen LogP contribution in [-0.4, -0.2) is 66.3 Å². The summed E-state index contributed by atoms with van der Waals surface area (Å²) in [5, 5.41) is 19.1. The molecule has 6 heteroatoms. The lowest BCUT2D eigenvalue weighted by molar-refractivity contribution is 0.0361. The van der Waals surface area contributed by atoms with E-state index in [0.29, 0.717) is 12.0 Å². The first-order valence-corrected chi connectivity index (χ1v) is 7.30. The Kier molecular flexibility index (Phi) is 4.93. The standard InChI is InChI=1S/C15H25BN2O3/c1-15(2)11-18(8-7-17(15)3)10-12-9-13(21-4)5-6-14(12)16(19)20/h5-6,9,19-20H,7-8,10-11H2,1-4H3. The van der Waals surface area contributed by atoms with Crippen LogP contribution in [-0.2, 0) is 6.54 Å².